The van der Waals surface area contributed by atoms with Gasteiger partial charge in [-0.25, -0.2) is 9.78 Å². The van der Waals surface area contributed by atoms with Crippen molar-refractivity contribution in [2.24, 2.45) is 0 Å². The van der Waals surface area contributed by atoms with E-state index in [9.17, 15) is 18.0 Å². The number of aromatic amines is 1. The van der Waals surface area contributed by atoms with E-state index in [1.807, 2.05) is 6.92 Å². The predicted molar refractivity (Wildman–Crippen MR) is 76.3 cm³/mol. The third-order valence-corrected chi connectivity index (χ3v) is 3.91. The molecule has 2 aromatic rings. The molecule has 0 radical (unpaired) electrons. The molecule has 2 aromatic heterocycles. The standard InChI is InChI=1S/C13H12ClF3N4O2/c1-6-2-7(23-12(22)13(15,16)17)5-21(6)11-8-4-18-10(14)3-9(8)19-20-11/h3-4,6-7H,2,5H2,1H3,(H,19,20). The Morgan fingerprint density at radius 1 is 1.52 bits per heavy atom. The Bertz CT molecular complexity index is 748. The number of H-pyrrole nitrogens is 1. The van der Waals surface area contributed by atoms with E-state index in [-0.39, 0.29) is 19.0 Å². The fraction of sp³-hybridized carbons (Fsp3) is 0.462. The van der Waals surface area contributed by atoms with Gasteiger partial charge in [0.05, 0.1) is 17.4 Å². The van der Waals surface area contributed by atoms with Crippen LogP contribution in [0.15, 0.2) is 12.3 Å². The van der Waals surface area contributed by atoms with Gasteiger partial charge in [0.2, 0.25) is 0 Å². The van der Waals surface area contributed by atoms with Gasteiger partial charge in [-0.2, -0.15) is 18.3 Å². The summed E-state index contributed by atoms with van der Waals surface area (Å²) in [6.45, 7) is 1.96. The Hall–Kier alpha value is -2.03. The Morgan fingerprint density at radius 3 is 2.96 bits per heavy atom. The van der Waals surface area contributed by atoms with Crippen LogP contribution >= 0.6 is 11.6 Å². The lowest BCUT2D eigenvalue weighted by atomic mass is 10.2. The zero-order valence-electron chi connectivity index (χ0n) is 11.9. The summed E-state index contributed by atoms with van der Waals surface area (Å²) in [5.41, 5.74) is 0.669. The van der Waals surface area contributed by atoms with E-state index in [2.05, 4.69) is 19.9 Å². The summed E-state index contributed by atoms with van der Waals surface area (Å²) in [7, 11) is 0. The van der Waals surface area contributed by atoms with Crippen molar-refractivity contribution in [3.05, 3.63) is 17.4 Å². The van der Waals surface area contributed by atoms with E-state index >= 15 is 0 Å². The van der Waals surface area contributed by atoms with E-state index in [1.165, 1.54) is 6.20 Å². The molecule has 2 unspecified atom stereocenters. The molecule has 0 aliphatic carbocycles. The number of nitrogens with zero attached hydrogens (tertiary/aromatic N) is 3. The Labute approximate surface area is 133 Å². The van der Waals surface area contributed by atoms with Gasteiger partial charge in [-0.1, -0.05) is 11.6 Å². The molecular formula is C13H12ClF3N4O2. The predicted octanol–water partition coefficient (Wildman–Crippen LogP) is 2.68. The van der Waals surface area contributed by atoms with Crippen LogP contribution in [0.3, 0.4) is 0 Å². The molecule has 2 atom stereocenters. The van der Waals surface area contributed by atoms with E-state index < -0.39 is 18.2 Å². The molecule has 6 nitrogen and oxygen atoms in total. The van der Waals surface area contributed by atoms with Crippen molar-refractivity contribution in [2.45, 2.75) is 31.7 Å². The van der Waals surface area contributed by atoms with Gasteiger partial charge in [0.1, 0.15) is 11.3 Å². The van der Waals surface area contributed by atoms with Crippen molar-refractivity contribution >= 4 is 34.3 Å². The number of halogens is 4. The fourth-order valence-electron chi connectivity index (χ4n) is 2.67. The van der Waals surface area contributed by atoms with Crippen LogP contribution in [-0.4, -0.2) is 46.0 Å². The highest BCUT2D eigenvalue weighted by molar-refractivity contribution is 6.30. The van der Waals surface area contributed by atoms with Gasteiger partial charge in [-0.3, -0.25) is 5.10 Å². The molecule has 1 fully saturated rings. The summed E-state index contributed by atoms with van der Waals surface area (Å²) in [6.07, 6.45) is -4.00. The second-order valence-electron chi connectivity index (χ2n) is 5.36. The van der Waals surface area contributed by atoms with Crippen LogP contribution in [0, 0.1) is 0 Å². The maximum atomic E-state index is 12.3. The number of rotatable bonds is 2. The largest absolute Gasteiger partial charge is 0.490 e. The van der Waals surface area contributed by atoms with Crippen molar-refractivity contribution in [3.63, 3.8) is 0 Å². The van der Waals surface area contributed by atoms with Crippen LogP contribution in [0.2, 0.25) is 5.15 Å². The van der Waals surface area contributed by atoms with Crippen molar-refractivity contribution in [1.82, 2.24) is 15.2 Å². The minimum absolute atomic E-state index is 0.131. The summed E-state index contributed by atoms with van der Waals surface area (Å²) >= 11 is 5.80. The Kier molecular flexibility index (Phi) is 3.83. The average molecular weight is 349 g/mol. The van der Waals surface area contributed by atoms with Gasteiger partial charge < -0.3 is 9.64 Å². The number of anilines is 1. The number of fused-ring (bicyclic) bond motifs is 1. The molecule has 1 aliphatic rings. The molecule has 0 amide bonds. The molecule has 124 valence electrons. The van der Waals surface area contributed by atoms with E-state index in [0.717, 1.165) is 0 Å². The van der Waals surface area contributed by atoms with Gasteiger partial charge in [0, 0.05) is 24.7 Å². The molecule has 10 heteroatoms. The first-order valence-corrected chi connectivity index (χ1v) is 7.17. The van der Waals surface area contributed by atoms with Gasteiger partial charge in [-0.05, 0) is 6.92 Å². The van der Waals surface area contributed by atoms with E-state index in [1.54, 1.807) is 11.0 Å². The summed E-state index contributed by atoms with van der Waals surface area (Å²) in [6, 6.07) is 1.47. The van der Waals surface area contributed by atoms with Gasteiger partial charge >= 0.3 is 12.1 Å². The van der Waals surface area contributed by atoms with Gasteiger partial charge in [0.25, 0.3) is 0 Å². The highest BCUT2D eigenvalue weighted by Gasteiger charge is 2.44. The molecule has 0 bridgehead atoms. The molecule has 1 N–H and O–H groups in total. The van der Waals surface area contributed by atoms with Crippen molar-refractivity contribution < 1.29 is 22.7 Å². The zero-order valence-corrected chi connectivity index (χ0v) is 12.6. The van der Waals surface area contributed by atoms with Gasteiger partial charge in [0.15, 0.2) is 5.82 Å². The Balaban J connectivity index is 1.79. The second-order valence-corrected chi connectivity index (χ2v) is 5.75. The number of esters is 1. The molecule has 3 heterocycles. The first-order chi connectivity index (χ1) is 10.8. The third-order valence-electron chi connectivity index (χ3n) is 3.71. The van der Waals surface area contributed by atoms with E-state index in [0.29, 0.717) is 21.9 Å². The molecule has 1 aliphatic heterocycles. The van der Waals surface area contributed by atoms with Crippen LogP contribution in [0.5, 0.6) is 0 Å². The number of nitrogens with one attached hydrogen (secondary N) is 1. The summed E-state index contributed by atoms with van der Waals surface area (Å²) in [4.78, 5) is 16.7. The maximum Gasteiger partial charge on any atom is 0.490 e. The molecule has 1 saturated heterocycles. The first kappa shape index (κ1) is 15.9. The topological polar surface area (TPSA) is 71.1 Å². The zero-order chi connectivity index (χ0) is 16.8. The summed E-state index contributed by atoms with van der Waals surface area (Å²) in [5, 5.41) is 7.98. The number of carbonyl (C=O) groups is 1. The van der Waals surface area contributed by atoms with Crippen molar-refractivity contribution in [2.75, 3.05) is 11.4 Å². The number of hydrogen-bond donors (Lipinski definition) is 1. The SMILES string of the molecule is CC1CC(OC(=O)C(F)(F)F)CN1c1n[nH]c2cc(Cl)ncc12. The van der Waals surface area contributed by atoms with Crippen LogP contribution in [0.25, 0.3) is 10.9 Å². The number of alkyl halides is 3. The number of pyridine rings is 1. The maximum absolute atomic E-state index is 12.3. The quantitative estimate of drug-likeness (QED) is 0.667. The van der Waals surface area contributed by atoms with Crippen molar-refractivity contribution in [3.8, 4) is 0 Å². The highest BCUT2D eigenvalue weighted by atomic mass is 35.5. The number of carbonyl (C=O) groups excluding carboxylic acids is 1. The fourth-order valence-corrected chi connectivity index (χ4v) is 2.83. The smallest absolute Gasteiger partial charge is 0.454 e. The summed E-state index contributed by atoms with van der Waals surface area (Å²) in [5.74, 6) is -1.63. The van der Waals surface area contributed by atoms with Crippen LogP contribution in [0.1, 0.15) is 13.3 Å². The lowest BCUT2D eigenvalue weighted by Crippen LogP contribution is -2.32. The third kappa shape index (κ3) is 3.05. The minimum atomic E-state index is -4.99. The molecule has 0 aromatic carbocycles. The van der Waals surface area contributed by atoms with Crippen LogP contribution in [-0.2, 0) is 9.53 Å². The number of hydrogen-bond acceptors (Lipinski definition) is 5. The monoisotopic (exact) mass is 348 g/mol. The molecule has 0 spiro atoms. The normalized spacial score (nSPS) is 21.9. The summed E-state index contributed by atoms with van der Waals surface area (Å²) < 4.78 is 41.4. The number of aromatic nitrogens is 3. The average Bonchev–Trinajstić information content (AvgIpc) is 3.00. The van der Waals surface area contributed by atoms with Crippen LogP contribution in [0.4, 0.5) is 19.0 Å². The molecule has 0 saturated carbocycles. The number of ether oxygens (including phenoxy) is 1. The van der Waals surface area contributed by atoms with Gasteiger partial charge in [-0.15, -0.1) is 0 Å². The highest BCUT2D eigenvalue weighted by Crippen LogP contribution is 2.32. The van der Waals surface area contributed by atoms with Crippen molar-refractivity contribution in [1.29, 1.82) is 0 Å². The van der Waals surface area contributed by atoms with Crippen LogP contribution < -0.4 is 4.90 Å². The molecule has 3 rings (SSSR count). The first-order valence-electron chi connectivity index (χ1n) is 6.80. The lowest BCUT2D eigenvalue weighted by molar-refractivity contribution is -0.204. The Morgan fingerprint density at radius 2 is 2.26 bits per heavy atom. The second kappa shape index (κ2) is 5.55. The lowest BCUT2D eigenvalue weighted by Gasteiger charge is -2.20. The minimum Gasteiger partial charge on any atom is -0.454 e. The van der Waals surface area contributed by atoms with E-state index in [4.69, 9.17) is 11.6 Å². The molecular weight excluding hydrogens is 337 g/mol. The molecule has 23 heavy (non-hydrogen) atoms.